The second-order valence-electron chi connectivity index (χ2n) is 7.59. The highest BCUT2D eigenvalue weighted by molar-refractivity contribution is 6.15. The van der Waals surface area contributed by atoms with Gasteiger partial charge in [-0.05, 0) is 43.2 Å². The van der Waals surface area contributed by atoms with Crippen LogP contribution in [0.3, 0.4) is 0 Å². The van der Waals surface area contributed by atoms with Crippen molar-refractivity contribution in [2.45, 2.75) is 20.4 Å². The van der Waals surface area contributed by atoms with E-state index >= 15 is 0 Å². The molecule has 1 aliphatic heterocycles. The standard InChI is InChI=1S/C25H20N6/c1-17-11-12-22-23(13-17)31-18(2)27-28-25(31)30(16-20-8-6-7-19(14-20)15-26)29-24(22)21-9-4-3-5-10-21/h3-14H,16H2,1-2H3. The molecule has 0 aliphatic carbocycles. The highest BCUT2D eigenvalue weighted by Crippen LogP contribution is 2.31. The summed E-state index contributed by atoms with van der Waals surface area (Å²) >= 11 is 0. The number of rotatable bonds is 3. The molecule has 0 unspecified atom stereocenters. The van der Waals surface area contributed by atoms with Gasteiger partial charge in [-0.25, -0.2) is 5.01 Å². The van der Waals surface area contributed by atoms with Crippen LogP contribution in [-0.2, 0) is 6.54 Å². The lowest BCUT2D eigenvalue weighted by atomic mass is 9.99. The molecule has 5 rings (SSSR count). The van der Waals surface area contributed by atoms with Gasteiger partial charge in [-0.2, -0.15) is 10.4 Å². The van der Waals surface area contributed by atoms with Crippen LogP contribution in [0.1, 0.15) is 33.6 Å². The lowest BCUT2D eigenvalue weighted by molar-refractivity contribution is 0.796. The Kier molecular flexibility index (Phi) is 4.57. The van der Waals surface area contributed by atoms with Gasteiger partial charge in [0.1, 0.15) is 11.5 Å². The quantitative estimate of drug-likeness (QED) is 0.503. The van der Waals surface area contributed by atoms with E-state index in [2.05, 4.69) is 58.1 Å². The van der Waals surface area contributed by atoms with Gasteiger partial charge >= 0.3 is 0 Å². The van der Waals surface area contributed by atoms with Crippen molar-refractivity contribution in [3.05, 3.63) is 106 Å². The van der Waals surface area contributed by atoms with Gasteiger partial charge in [0, 0.05) is 11.1 Å². The molecule has 0 amide bonds. The molecule has 1 aromatic heterocycles. The molecular weight excluding hydrogens is 384 g/mol. The molecule has 31 heavy (non-hydrogen) atoms. The van der Waals surface area contributed by atoms with Crippen molar-refractivity contribution in [3.8, 4) is 11.8 Å². The van der Waals surface area contributed by atoms with E-state index < -0.39 is 0 Å². The first-order chi connectivity index (χ1) is 15.1. The Morgan fingerprint density at radius 1 is 0.903 bits per heavy atom. The summed E-state index contributed by atoms with van der Waals surface area (Å²) in [6.45, 7) is 4.50. The van der Waals surface area contributed by atoms with Crippen LogP contribution < -0.4 is 5.01 Å². The molecule has 0 N–H and O–H groups in total. The maximum absolute atomic E-state index is 9.29. The third kappa shape index (κ3) is 3.36. The van der Waals surface area contributed by atoms with E-state index in [4.69, 9.17) is 5.10 Å². The van der Waals surface area contributed by atoms with Crippen molar-refractivity contribution >= 4 is 11.7 Å². The van der Waals surface area contributed by atoms with E-state index in [-0.39, 0.29) is 0 Å². The van der Waals surface area contributed by atoms with E-state index in [1.807, 2.05) is 48.3 Å². The van der Waals surface area contributed by atoms with E-state index in [0.717, 1.165) is 39.5 Å². The molecule has 1 aliphatic rings. The third-order valence-electron chi connectivity index (χ3n) is 5.34. The molecule has 0 fully saturated rings. The van der Waals surface area contributed by atoms with Gasteiger partial charge in [0.2, 0.25) is 0 Å². The summed E-state index contributed by atoms with van der Waals surface area (Å²) in [5.41, 5.74) is 6.68. The summed E-state index contributed by atoms with van der Waals surface area (Å²) in [6.07, 6.45) is 0. The van der Waals surface area contributed by atoms with Crippen LogP contribution in [0.2, 0.25) is 0 Å². The number of nitrogens with zero attached hydrogens (tertiary/aromatic N) is 6. The minimum Gasteiger partial charge on any atom is -0.263 e. The van der Waals surface area contributed by atoms with Gasteiger partial charge in [0.05, 0.1) is 23.9 Å². The van der Waals surface area contributed by atoms with Crippen molar-refractivity contribution in [1.82, 2.24) is 14.8 Å². The van der Waals surface area contributed by atoms with Crippen LogP contribution in [0.5, 0.6) is 0 Å². The summed E-state index contributed by atoms with van der Waals surface area (Å²) in [6, 6.07) is 26.3. The van der Waals surface area contributed by atoms with Crippen molar-refractivity contribution in [2.24, 2.45) is 5.10 Å². The monoisotopic (exact) mass is 404 g/mol. The topological polar surface area (TPSA) is 70.1 Å². The molecule has 0 bridgehead atoms. The number of anilines is 1. The molecule has 0 spiro atoms. The van der Waals surface area contributed by atoms with Crippen LogP contribution >= 0.6 is 0 Å². The Labute approximate surface area is 180 Å². The Morgan fingerprint density at radius 2 is 1.74 bits per heavy atom. The summed E-state index contributed by atoms with van der Waals surface area (Å²) in [5.74, 6) is 1.44. The first-order valence-electron chi connectivity index (χ1n) is 10.1. The molecule has 0 saturated heterocycles. The fourth-order valence-corrected chi connectivity index (χ4v) is 3.87. The van der Waals surface area contributed by atoms with Crippen molar-refractivity contribution in [1.29, 1.82) is 5.26 Å². The number of aryl methyl sites for hydroxylation is 2. The predicted octanol–water partition coefficient (Wildman–Crippen LogP) is 4.53. The third-order valence-corrected chi connectivity index (χ3v) is 5.34. The van der Waals surface area contributed by atoms with Crippen molar-refractivity contribution in [2.75, 3.05) is 5.01 Å². The lowest BCUT2D eigenvalue weighted by Crippen LogP contribution is -2.20. The lowest BCUT2D eigenvalue weighted by Gasteiger charge is -2.18. The number of hydrogen-bond acceptors (Lipinski definition) is 5. The molecule has 4 aromatic rings. The zero-order chi connectivity index (χ0) is 21.4. The molecule has 0 radical (unpaired) electrons. The highest BCUT2D eigenvalue weighted by atomic mass is 15.6. The van der Waals surface area contributed by atoms with Crippen LogP contribution in [0.4, 0.5) is 5.95 Å². The largest absolute Gasteiger partial charge is 0.263 e. The molecular formula is C25H20N6. The van der Waals surface area contributed by atoms with E-state index in [9.17, 15) is 5.26 Å². The van der Waals surface area contributed by atoms with E-state index in [0.29, 0.717) is 18.1 Å². The highest BCUT2D eigenvalue weighted by Gasteiger charge is 2.26. The maximum Gasteiger partial charge on any atom is 0.252 e. The van der Waals surface area contributed by atoms with Crippen LogP contribution in [0, 0.1) is 25.2 Å². The van der Waals surface area contributed by atoms with Gasteiger partial charge in [-0.3, -0.25) is 4.57 Å². The Balaban J connectivity index is 1.74. The number of aromatic nitrogens is 3. The van der Waals surface area contributed by atoms with Gasteiger partial charge in [0.25, 0.3) is 5.95 Å². The minimum atomic E-state index is 0.469. The average molecular weight is 404 g/mol. The van der Waals surface area contributed by atoms with Gasteiger partial charge in [0.15, 0.2) is 0 Å². The van der Waals surface area contributed by atoms with Gasteiger partial charge in [-0.15, -0.1) is 10.2 Å². The summed E-state index contributed by atoms with van der Waals surface area (Å²) in [5, 5.41) is 25.0. The fourth-order valence-electron chi connectivity index (χ4n) is 3.87. The second kappa shape index (κ2) is 7.54. The second-order valence-corrected chi connectivity index (χ2v) is 7.59. The molecule has 0 saturated carbocycles. The van der Waals surface area contributed by atoms with Crippen molar-refractivity contribution < 1.29 is 0 Å². The molecule has 3 aromatic carbocycles. The minimum absolute atomic E-state index is 0.469. The molecule has 150 valence electrons. The van der Waals surface area contributed by atoms with Gasteiger partial charge in [-0.1, -0.05) is 54.6 Å². The number of benzene rings is 3. The van der Waals surface area contributed by atoms with Crippen LogP contribution in [0.15, 0.2) is 77.9 Å². The van der Waals surface area contributed by atoms with E-state index in [1.54, 1.807) is 6.07 Å². The number of hydrogen-bond donors (Lipinski definition) is 0. The van der Waals surface area contributed by atoms with Crippen LogP contribution in [-0.4, -0.2) is 20.5 Å². The Morgan fingerprint density at radius 3 is 2.55 bits per heavy atom. The summed E-state index contributed by atoms with van der Waals surface area (Å²) < 4.78 is 2.05. The first kappa shape index (κ1) is 18.8. The zero-order valence-corrected chi connectivity index (χ0v) is 17.3. The molecule has 0 atom stereocenters. The SMILES string of the molecule is Cc1ccc2c(c1)-n1c(C)nnc1N(Cc1cccc(C#N)c1)N=C2c1ccccc1. The zero-order valence-electron chi connectivity index (χ0n) is 17.3. The number of fused-ring (bicyclic) bond motifs is 3. The maximum atomic E-state index is 9.29. The molecule has 6 heteroatoms. The van der Waals surface area contributed by atoms with E-state index in [1.165, 1.54) is 0 Å². The normalized spacial score (nSPS) is 12.4. The molecule has 2 heterocycles. The number of hydrazone groups is 1. The Hall–Kier alpha value is -4.24. The van der Waals surface area contributed by atoms with Crippen LogP contribution in [0.25, 0.3) is 5.69 Å². The predicted molar refractivity (Wildman–Crippen MR) is 120 cm³/mol. The summed E-state index contributed by atoms with van der Waals surface area (Å²) in [4.78, 5) is 0. The Bertz CT molecular complexity index is 1340. The fraction of sp³-hybridized carbons (Fsp3) is 0.120. The summed E-state index contributed by atoms with van der Waals surface area (Å²) in [7, 11) is 0. The molecule has 6 nitrogen and oxygen atoms in total. The average Bonchev–Trinajstić information content (AvgIpc) is 3.12. The van der Waals surface area contributed by atoms with Gasteiger partial charge < -0.3 is 0 Å². The van der Waals surface area contributed by atoms with Crippen molar-refractivity contribution in [3.63, 3.8) is 0 Å². The smallest absolute Gasteiger partial charge is 0.252 e. The first-order valence-corrected chi connectivity index (χ1v) is 10.1. The number of nitriles is 1.